The van der Waals surface area contributed by atoms with Crippen molar-refractivity contribution in [3.05, 3.63) is 89.4 Å². The molecule has 152 valence electrons. The van der Waals surface area contributed by atoms with Gasteiger partial charge in [0.1, 0.15) is 0 Å². The van der Waals surface area contributed by atoms with Crippen LogP contribution in [0, 0.1) is 6.92 Å². The normalized spacial score (nSPS) is 12.3. The zero-order valence-electron chi connectivity index (χ0n) is 16.8. The summed E-state index contributed by atoms with van der Waals surface area (Å²) >= 11 is 0. The molecule has 4 rings (SSSR count). The third-order valence-electron chi connectivity index (χ3n) is 4.71. The van der Waals surface area contributed by atoms with Crippen molar-refractivity contribution in [3.63, 3.8) is 0 Å². The van der Waals surface area contributed by atoms with Crippen LogP contribution in [0.4, 0.5) is 19.1 Å². The molecule has 0 bridgehead atoms. The second kappa shape index (κ2) is 9.62. The fraction of sp³-hybridized carbons (Fsp3) is 0.136. The minimum Gasteiger partial charge on any atom is -0.871 e. The van der Waals surface area contributed by atoms with Gasteiger partial charge in [0.15, 0.2) is 0 Å². The molecule has 9 heteroatoms. The number of benzene rings is 2. The summed E-state index contributed by atoms with van der Waals surface area (Å²) < 4.78 is 38.9. The Hall–Kier alpha value is -2.04. The molecule has 2 aromatic carbocycles. The van der Waals surface area contributed by atoms with Crippen LogP contribution in [0.1, 0.15) is 28.4 Å². The van der Waals surface area contributed by atoms with Crippen LogP contribution in [0.15, 0.2) is 67.0 Å². The Morgan fingerprint density at radius 3 is 2.35 bits per heavy atom. The Labute approximate surface area is 219 Å². The SMILES string of the molecule is Cc1ccnc(NC(c2ccc(C(F)(F)F)cc2)c2ccc3cccnc3c2[O-])n1.[K+]. The molecule has 0 aliphatic carbocycles. The topological polar surface area (TPSA) is 73.8 Å². The molecule has 0 spiro atoms. The van der Waals surface area contributed by atoms with Crippen LogP contribution < -0.4 is 61.8 Å². The van der Waals surface area contributed by atoms with Crippen LogP contribution in [0.25, 0.3) is 10.9 Å². The van der Waals surface area contributed by atoms with Crippen molar-refractivity contribution in [1.29, 1.82) is 0 Å². The van der Waals surface area contributed by atoms with Gasteiger partial charge in [-0.1, -0.05) is 36.1 Å². The third kappa shape index (κ3) is 5.24. The van der Waals surface area contributed by atoms with E-state index in [-0.39, 0.29) is 63.1 Å². The maximum Gasteiger partial charge on any atom is 1.00 e. The van der Waals surface area contributed by atoms with Crippen LogP contribution in [0.3, 0.4) is 0 Å². The van der Waals surface area contributed by atoms with E-state index in [0.717, 1.165) is 12.1 Å². The van der Waals surface area contributed by atoms with Gasteiger partial charge in [-0.25, -0.2) is 9.97 Å². The van der Waals surface area contributed by atoms with Gasteiger partial charge in [0, 0.05) is 18.1 Å². The van der Waals surface area contributed by atoms with Crippen LogP contribution >= 0.6 is 0 Å². The molecule has 0 saturated carbocycles. The Morgan fingerprint density at radius 1 is 0.935 bits per heavy atom. The molecular weight excluding hydrogens is 432 g/mol. The molecule has 0 saturated heterocycles. The van der Waals surface area contributed by atoms with E-state index in [2.05, 4.69) is 20.3 Å². The summed E-state index contributed by atoms with van der Waals surface area (Å²) in [6.07, 6.45) is -1.36. The molecule has 0 aliphatic heterocycles. The van der Waals surface area contributed by atoms with Gasteiger partial charge in [-0.3, -0.25) is 4.98 Å². The molecule has 1 N–H and O–H groups in total. The summed E-state index contributed by atoms with van der Waals surface area (Å²) in [5, 5.41) is 16.9. The quantitative estimate of drug-likeness (QED) is 0.481. The number of anilines is 1. The molecule has 1 atom stereocenters. The minimum absolute atomic E-state index is 0. The van der Waals surface area contributed by atoms with Gasteiger partial charge in [-0.2, -0.15) is 13.2 Å². The molecule has 2 aromatic heterocycles. The number of aromatic nitrogens is 3. The van der Waals surface area contributed by atoms with Crippen molar-refractivity contribution in [3.8, 4) is 5.75 Å². The largest absolute Gasteiger partial charge is 1.00 e. The predicted octanol–water partition coefficient (Wildman–Crippen LogP) is 1.63. The van der Waals surface area contributed by atoms with Gasteiger partial charge in [0.2, 0.25) is 5.95 Å². The fourth-order valence-electron chi connectivity index (χ4n) is 3.21. The van der Waals surface area contributed by atoms with E-state index >= 15 is 0 Å². The summed E-state index contributed by atoms with van der Waals surface area (Å²) in [4.78, 5) is 12.6. The molecular formula is C22H16F3KN4O. The van der Waals surface area contributed by atoms with E-state index in [1.807, 2.05) is 0 Å². The van der Waals surface area contributed by atoms with Gasteiger partial charge in [0.25, 0.3) is 0 Å². The third-order valence-corrected chi connectivity index (χ3v) is 4.71. The first-order chi connectivity index (χ1) is 14.3. The number of alkyl halides is 3. The van der Waals surface area contributed by atoms with E-state index in [9.17, 15) is 18.3 Å². The fourth-order valence-corrected chi connectivity index (χ4v) is 3.21. The zero-order valence-corrected chi connectivity index (χ0v) is 19.9. The van der Waals surface area contributed by atoms with Crippen molar-refractivity contribution in [2.24, 2.45) is 0 Å². The van der Waals surface area contributed by atoms with Crippen molar-refractivity contribution in [2.45, 2.75) is 19.1 Å². The molecule has 4 aromatic rings. The first-order valence-electron chi connectivity index (χ1n) is 9.11. The Balaban J connectivity index is 0.00000272. The van der Waals surface area contributed by atoms with E-state index < -0.39 is 17.8 Å². The molecule has 0 radical (unpaired) electrons. The number of hydrogen-bond acceptors (Lipinski definition) is 5. The number of hydrogen-bond donors (Lipinski definition) is 1. The number of nitrogens with one attached hydrogen (secondary N) is 1. The van der Waals surface area contributed by atoms with Crippen molar-refractivity contribution in [2.75, 3.05) is 5.32 Å². The van der Waals surface area contributed by atoms with Crippen LogP contribution in [-0.2, 0) is 6.18 Å². The number of pyridine rings is 1. The molecule has 1 unspecified atom stereocenters. The van der Waals surface area contributed by atoms with E-state index in [1.54, 1.807) is 43.5 Å². The maximum atomic E-state index is 13.1. The second-order valence-corrected chi connectivity index (χ2v) is 6.78. The molecule has 5 nitrogen and oxygen atoms in total. The first-order valence-corrected chi connectivity index (χ1v) is 9.11. The Bertz CT molecular complexity index is 1200. The molecule has 0 fully saturated rings. The van der Waals surface area contributed by atoms with Crippen molar-refractivity contribution < 1.29 is 69.7 Å². The van der Waals surface area contributed by atoms with Gasteiger partial charge in [-0.05, 0) is 47.7 Å². The summed E-state index contributed by atoms with van der Waals surface area (Å²) in [7, 11) is 0. The van der Waals surface area contributed by atoms with E-state index in [1.165, 1.54) is 18.3 Å². The van der Waals surface area contributed by atoms with E-state index in [4.69, 9.17) is 0 Å². The number of halogens is 3. The standard InChI is InChI=1S/C22H17F3N4O.K/c1-13-10-12-27-21(28-13)29-18(15-4-7-16(8-5-15)22(23,24)25)17-9-6-14-3-2-11-26-19(14)20(17)30;/h2-12,18,30H,1H3,(H,27,28,29);/q;+1/p-1. The van der Waals surface area contributed by atoms with E-state index in [0.29, 0.717) is 27.7 Å². The Morgan fingerprint density at radius 2 is 1.68 bits per heavy atom. The average Bonchev–Trinajstić information content (AvgIpc) is 2.72. The van der Waals surface area contributed by atoms with Crippen LogP contribution in [-0.4, -0.2) is 15.0 Å². The number of fused-ring (bicyclic) bond motifs is 1. The first kappa shape index (κ1) is 23.6. The molecule has 0 amide bonds. The molecule has 31 heavy (non-hydrogen) atoms. The second-order valence-electron chi connectivity index (χ2n) is 6.78. The Kier molecular flexibility index (Phi) is 7.33. The number of rotatable bonds is 4. The van der Waals surface area contributed by atoms with Crippen molar-refractivity contribution >= 4 is 16.9 Å². The van der Waals surface area contributed by atoms with Crippen molar-refractivity contribution in [1.82, 2.24) is 15.0 Å². The molecule has 2 heterocycles. The summed E-state index contributed by atoms with van der Waals surface area (Å²) in [6, 6.07) is 12.6. The monoisotopic (exact) mass is 448 g/mol. The minimum atomic E-state index is -4.45. The maximum absolute atomic E-state index is 13.1. The smallest absolute Gasteiger partial charge is 0.871 e. The van der Waals surface area contributed by atoms with Gasteiger partial charge >= 0.3 is 57.6 Å². The van der Waals surface area contributed by atoms with Gasteiger partial charge in [-0.15, -0.1) is 0 Å². The summed E-state index contributed by atoms with van der Waals surface area (Å²) in [5.74, 6) is -0.0430. The zero-order chi connectivity index (χ0) is 21.3. The summed E-state index contributed by atoms with van der Waals surface area (Å²) in [6.45, 7) is 1.79. The average molecular weight is 448 g/mol. The predicted molar refractivity (Wildman–Crippen MR) is 105 cm³/mol. The van der Waals surface area contributed by atoms with Crippen LogP contribution in [0.5, 0.6) is 5.75 Å². The van der Waals surface area contributed by atoms with Gasteiger partial charge in [0.05, 0.1) is 17.1 Å². The summed E-state index contributed by atoms with van der Waals surface area (Å²) in [5.41, 5.74) is 1.05. The van der Waals surface area contributed by atoms with Crippen LogP contribution in [0.2, 0.25) is 0 Å². The number of aryl methyl sites for hydroxylation is 1. The number of nitrogens with zero attached hydrogens (tertiary/aromatic N) is 3. The van der Waals surface area contributed by atoms with Gasteiger partial charge < -0.3 is 10.4 Å². The molecule has 0 aliphatic rings.